The lowest BCUT2D eigenvalue weighted by molar-refractivity contribution is -0.170. The number of fused-ring (bicyclic) bond motifs is 1. The van der Waals surface area contributed by atoms with Gasteiger partial charge < -0.3 is 40.1 Å². The number of carbonyl (C=O) groups is 4. The Bertz CT molecular complexity index is 1290. The average molecular weight is 509 g/mol. The summed E-state index contributed by atoms with van der Waals surface area (Å²) in [5.74, 6) is -5.18. The van der Waals surface area contributed by atoms with Crippen molar-refractivity contribution < 1.29 is 45.1 Å². The SMILES string of the molecule is O=C(O)CC(O)(CC(=O)O)C(=O)O.[2H]c1nc(N([C@H]2CN(C(=O)C[N+]#[C-])CC[C@H]2C)C([2H])([2H])[2H])c2cc[nH]c2n1. The fourth-order valence-electron chi connectivity index (χ4n) is 3.65. The van der Waals surface area contributed by atoms with Crippen molar-refractivity contribution >= 4 is 40.7 Å². The molecule has 0 spiro atoms. The third kappa shape index (κ3) is 6.89. The van der Waals surface area contributed by atoms with E-state index in [1.165, 1.54) is 4.90 Å². The van der Waals surface area contributed by atoms with Gasteiger partial charge in [-0.05, 0) is 18.4 Å². The van der Waals surface area contributed by atoms with E-state index in [0.717, 1.165) is 0 Å². The molecular weight excluding hydrogens is 476 g/mol. The monoisotopic (exact) mass is 508 g/mol. The Balaban J connectivity index is 0.000000366. The summed E-state index contributed by atoms with van der Waals surface area (Å²) in [5.41, 5.74) is -2.35. The Morgan fingerprint density at radius 3 is 2.53 bits per heavy atom. The topological polar surface area (TPSA) is 202 Å². The zero-order valence-electron chi connectivity index (χ0n) is 23.2. The molecule has 0 aromatic carbocycles. The number of piperidine rings is 1. The van der Waals surface area contributed by atoms with E-state index >= 15 is 0 Å². The van der Waals surface area contributed by atoms with Crippen LogP contribution in [0.2, 0.25) is 0 Å². The van der Waals surface area contributed by atoms with Gasteiger partial charge in [-0.25, -0.2) is 21.3 Å². The van der Waals surface area contributed by atoms with Gasteiger partial charge in [-0.1, -0.05) is 6.92 Å². The second-order valence-corrected chi connectivity index (χ2v) is 8.22. The summed E-state index contributed by atoms with van der Waals surface area (Å²) in [6.45, 7) is 6.75. The molecule has 1 fully saturated rings. The van der Waals surface area contributed by atoms with Crippen LogP contribution in [0.1, 0.15) is 31.7 Å². The maximum absolute atomic E-state index is 12.2. The first-order chi connectivity index (χ1) is 18.5. The van der Waals surface area contributed by atoms with Gasteiger partial charge in [0, 0.05) is 30.4 Å². The normalized spacial score (nSPS) is 19.4. The molecule has 1 saturated heterocycles. The highest BCUT2D eigenvalue weighted by Gasteiger charge is 2.40. The molecule has 5 N–H and O–H groups in total. The summed E-state index contributed by atoms with van der Waals surface area (Å²) in [5, 5.41) is 34.3. The zero-order chi connectivity index (χ0) is 30.4. The number of H-pyrrole nitrogens is 1. The molecule has 14 heteroatoms. The average Bonchev–Trinajstić information content (AvgIpc) is 3.27. The Morgan fingerprint density at radius 1 is 1.31 bits per heavy atom. The molecule has 2 aromatic rings. The maximum atomic E-state index is 12.2. The molecule has 1 amide bonds. The summed E-state index contributed by atoms with van der Waals surface area (Å²) in [4.78, 5) is 59.5. The van der Waals surface area contributed by atoms with Gasteiger partial charge in [-0.2, -0.15) is 0 Å². The highest BCUT2D eigenvalue weighted by atomic mass is 16.4. The number of amides is 1. The number of anilines is 1. The molecular formula is C22H28N6O8. The molecule has 0 aliphatic carbocycles. The standard InChI is InChI=1S/C16H20N6O.C6H8O7/c1-11-5-7-22(14(23)8-17-2)9-13(11)21(3)16-12-4-6-18-15(12)19-10-20-16;7-3(8)1-6(13,5(11)12)2-4(9)10/h4,6,10-11,13H,5,7-9H2,1,3H3,(H,18,19,20);13H,1-2H2,(H,7,8)(H,9,10)(H,11,12)/t11-,13+;/m1./s1/i3D3,10D;. The Hall–Kier alpha value is -4.25. The van der Waals surface area contributed by atoms with E-state index in [1.54, 1.807) is 17.2 Å². The number of likely N-dealkylation sites (N-methyl/N-ethyl adjacent to an activating group) is 1. The summed E-state index contributed by atoms with van der Waals surface area (Å²) in [6.07, 6.45) is -0.325. The molecule has 3 heterocycles. The van der Waals surface area contributed by atoms with Crippen molar-refractivity contribution in [2.24, 2.45) is 5.92 Å². The smallest absolute Gasteiger partial charge is 0.336 e. The van der Waals surface area contributed by atoms with Crippen molar-refractivity contribution in [1.82, 2.24) is 19.9 Å². The first-order valence-corrected chi connectivity index (χ1v) is 10.6. The van der Waals surface area contributed by atoms with Gasteiger partial charge >= 0.3 is 23.8 Å². The van der Waals surface area contributed by atoms with Crippen LogP contribution < -0.4 is 4.90 Å². The molecule has 0 saturated carbocycles. The molecule has 3 rings (SSSR count). The van der Waals surface area contributed by atoms with Gasteiger partial charge in [0.1, 0.15) is 19.1 Å². The molecule has 0 radical (unpaired) electrons. The van der Waals surface area contributed by atoms with E-state index in [1.807, 2.05) is 6.92 Å². The second-order valence-electron chi connectivity index (χ2n) is 8.22. The van der Waals surface area contributed by atoms with E-state index in [2.05, 4.69) is 19.8 Å². The molecule has 1 aliphatic rings. The van der Waals surface area contributed by atoms with Crippen LogP contribution in [0, 0.1) is 12.5 Å². The number of aromatic amines is 1. The molecule has 36 heavy (non-hydrogen) atoms. The fraction of sp³-hybridized carbons (Fsp3) is 0.500. The minimum atomic E-state index is -2.74. The van der Waals surface area contributed by atoms with Crippen LogP contribution in [-0.2, 0) is 19.2 Å². The fourth-order valence-corrected chi connectivity index (χ4v) is 3.65. The van der Waals surface area contributed by atoms with Crippen molar-refractivity contribution in [1.29, 1.82) is 0 Å². The summed E-state index contributed by atoms with van der Waals surface area (Å²) in [6, 6.07) is 1.16. The second kappa shape index (κ2) is 11.9. The van der Waals surface area contributed by atoms with Crippen molar-refractivity contribution in [3.63, 3.8) is 0 Å². The number of rotatable bonds is 8. The summed E-state index contributed by atoms with van der Waals surface area (Å²) < 4.78 is 32.1. The molecule has 2 atom stereocenters. The van der Waals surface area contributed by atoms with E-state index < -0.39 is 49.4 Å². The number of nitrogens with zero attached hydrogens (tertiary/aromatic N) is 5. The number of aliphatic hydroxyl groups is 1. The van der Waals surface area contributed by atoms with Crippen LogP contribution in [-0.4, -0.2) is 102 Å². The third-order valence-electron chi connectivity index (χ3n) is 5.61. The Labute approximate surface area is 211 Å². The van der Waals surface area contributed by atoms with E-state index in [4.69, 9.17) is 32.5 Å². The lowest BCUT2D eigenvalue weighted by Gasteiger charge is -2.41. The predicted octanol–water partition coefficient (Wildman–Crippen LogP) is 0.302. The van der Waals surface area contributed by atoms with E-state index in [0.29, 0.717) is 24.0 Å². The zero-order valence-corrected chi connectivity index (χ0v) is 19.2. The molecule has 0 bridgehead atoms. The van der Waals surface area contributed by atoms with Crippen LogP contribution in [0.15, 0.2) is 18.6 Å². The van der Waals surface area contributed by atoms with Crippen molar-refractivity contribution in [3.8, 4) is 0 Å². The van der Waals surface area contributed by atoms with Gasteiger partial charge in [-0.3, -0.25) is 14.4 Å². The van der Waals surface area contributed by atoms with Gasteiger partial charge in [0.2, 0.25) is 0 Å². The summed E-state index contributed by atoms with van der Waals surface area (Å²) >= 11 is 0. The number of hydrogen-bond acceptors (Lipinski definition) is 8. The lowest BCUT2D eigenvalue weighted by Crippen LogP contribution is -2.53. The quantitative estimate of drug-likeness (QED) is 0.307. The van der Waals surface area contributed by atoms with Crippen molar-refractivity contribution in [2.45, 2.75) is 37.8 Å². The first-order valence-electron chi connectivity index (χ1n) is 12.6. The summed E-state index contributed by atoms with van der Waals surface area (Å²) in [7, 11) is 0. The van der Waals surface area contributed by atoms with Crippen LogP contribution >= 0.6 is 0 Å². The van der Waals surface area contributed by atoms with E-state index in [9.17, 15) is 19.2 Å². The van der Waals surface area contributed by atoms with E-state index in [-0.39, 0.29) is 37.0 Å². The molecule has 0 unspecified atom stereocenters. The largest absolute Gasteiger partial charge is 0.481 e. The number of nitrogens with one attached hydrogen (secondary N) is 1. The highest BCUT2D eigenvalue weighted by molar-refractivity contribution is 5.88. The minimum absolute atomic E-state index is 0.0134. The van der Waals surface area contributed by atoms with Crippen LogP contribution in [0.5, 0.6) is 0 Å². The highest BCUT2D eigenvalue weighted by Crippen LogP contribution is 2.28. The predicted molar refractivity (Wildman–Crippen MR) is 125 cm³/mol. The molecule has 194 valence electrons. The number of hydrogen-bond donors (Lipinski definition) is 5. The van der Waals surface area contributed by atoms with Gasteiger partial charge in [0.25, 0.3) is 6.54 Å². The Kier molecular flexibility index (Phi) is 7.37. The third-order valence-corrected chi connectivity index (χ3v) is 5.61. The van der Waals surface area contributed by atoms with Gasteiger partial charge in [-0.15, -0.1) is 0 Å². The molecule has 1 aliphatic heterocycles. The Morgan fingerprint density at radius 2 is 1.97 bits per heavy atom. The van der Waals surface area contributed by atoms with Crippen LogP contribution in [0.4, 0.5) is 5.82 Å². The van der Waals surface area contributed by atoms with Crippen LogP contribution in [0.3, 0.4) is 0 Å². The molecule has 14 nitrogen and oxygen atoms in total. The van der Waals surface area contributed by atoms with Crippen LogP contribution in [0.25, 0.3) is 15.9 Å². The number of carboxylic acid groups (broad SMARTS) is 3. The van der Waals surface area contributed by atoms with Crippen molar-refractivity contribution in [2.75, 3.05) is 31.5 Å². The van der Waals surface area contributed by atoms with Crippen molar-refractivity contribution in [3.05, 3.63) is 30.0 Å². The maximum Gasteiger partial charge on any atom is 0.336 e. The number of aromatic nitrogens is 3. The van der Waals surface area contributed by atoms with Gasteiger partial charge in [0.05, 0.1) is 24.3 Å². The van der Waals surface area contributed by atoms with Gasteiger partial charge in [0.15, 0.2) is 5.60 Å². The number of aliphatic carboxylic acids is 3. The first kappa shape index (κ1) is 22.2. The number of likely N-dealkylation sites (tertiary alicyclic amines) is 1. The lowest BCUT2D eigenvalue weighted by atomic mass is 9.92. The molecule has 2 aromatic heterocycles. The number of carboxylic acids is 3. The minimum Gasteiger partial charge on any atom is -0.481 e. The number of carbonyl (C=O) groups excluding carboxylic acids is 1.